The van der Waals surface area contributed by atoms with Crippen molar-refractivity contribution in [3.05, 3.63) is 0 Å². The topological polar surface area (TPSA) is 67.6 Å². The average molecular weight is 227 g/mol. The molecule has 3 N–H and O–H groups in total. The minimum Gasteiger partial charge on any atom is -0.378 e. The number of nitrogens with two attached hydrogens (primary N) is 1. The van der Waals surface area contributed by atoms with Crippen molar-refractivity contribution in [1.82, 2.24) is 10.2 Å². The lowest BCUT2D eigenvalue weighted by atomic mass is 10.2. The van der Waals surface area contributed by atoms with E-state index in [1.165, 1.54) is 0 Å². The van der Waals surface area contributed by atoms with Crippen LogP contribution in [0.25, 0.3) is 0 Å². The first kappa shape index (κ1) is 14.9. The summed E-state index contributed by atoms with van der Waals surface area (Å²) in [6.45, 7) is 2.47. The molecule has 0 aliphatic heterocycles. The maximum absolute atomic E-state index is 11.3. The van der Waals surface area contributed by atoms with Crippen LogP contribution in [0.3, 0.4) is 0 Å². The van der Waals surface area contributed by atoms with E-state index in [9.17, 15) is 4.79 Å². The SMILES string of the molecule is C#CCC(N)C(=O)NCCOCCN(C)C. The fourth-order valence-corrected chi connectivity index (χ4v) is 0.946. The van der Waals surface area contributed by atoms with Crippen molar-refractivity contribution in [2.24, 2.45) is 5.73 Å². The first-order valence-corrected chi connectivity index (χ1v) is 5.27. The van der Waals surface area contributed by atoms with Crippen LogP contribution in [-0.4, -0.2) is 57.2 Å². The number of nitrogens with one attached hydrogen (secondary N) is 1. The Balaban J connectivity index is 3.38. The van der Waals surface area contributed by atoms with Crippen LogP contribution < -0.4 is 11.1 Å². The largest absolute Gasteiger partial charge is 0.378 e. The quantitative estimate of drug-likeness (QED) is 0.414. The highest BCUT2D eigenvalue weighted by atomic mass is 16.5. The molecule has 0 aliphatic carbocycles. The highest BCUT2D eigenvalue weighted by Gasteiger charge is 2.10. The Bertz CT molecular complexity index is 236. The van der Waals surface area contributed by atoms with Gasteiger partial charge in [0.05, 0.1) is 19.3 Å². The van der Waals surface area contributed by atoms with Crippen LogP contribution >= 0.6 is 0 Å². The molecule has 0 bridgehead atoms. The molecule has 0 aliphatic rings. The van der Waals surface area contributed by atoms with E-state index in [2.05, 4.69) is 11.2 Å². The monoisotopic (exact) mass is 227 g/mol. The third-order valence-electron chi connectivity index (χ3n) is 1.90. The molecule has 16 heavy (non-hydrogen) atoms. The van der Waals surface area contributed by atoms with Crippen molar-refractivity contribution in [3.63, 3.8) is 0 Å². The number of terminal acetylenes is 1. The van der Waals surface area contributed by atoms with Crippen LogP contribution in [0.15, 0.2) is 0 Å². The van der Waals surface area contributed by atoms with Crippen LogP contribution in [0.5, 0.6) is 0 Å². The van der Waals surface area contributed by atoms with E-state index in [1.54, 1.807) is 0 Å². The molecule has 1 unspecified atom stereocenters. The lowest BCUT2D eigenvalue weighted by Gasteiger charge is -2.11. The van der Waals surface area contributed by atoms with Crippen molar-refractivity contribution >= 4 is 5.91 Å². The Morgan fingerprint density at radius 1 is 1.56 bits per heavy atom. The van der Waals surface area contributed by atoms with Gasteiger partial charge >= 0.3 is 0 Å². The number of carbonyl (C=O) groups is 1. The van der Waals surface area contributed by atoms with Gasteiger partial charge < -0.3 is 20.7 Å². The summed E-state index contributed by atoms with van der Waals surface area (Å²) in [6, 6.07) is -0.619. The Labute approximate surface area is 97.3 Å². The van der Waals surface area contributed by atoms with Gasteiger partial charge in [-0.25, -0.2) is 0 Å². The normalized spacial score (nSPS) is 12.2. The molecular weight excluding hydrogens is 206 g/mol. The number of carbonyl (C=O) groups excluding carboxylic acids is 1. The van der Waals surface area contributed by atoms with Crippen LogP contribution in [0.1, 0.15) is 6.42 Å². The van der Waals surface area contributed by atoms with Gasteiger partial charge in [0, 0.05) is 19.5 Å². The number of nitrogens with zero attached hydrogens (tertiary/aromatic N) is 1. The standard InChI is InChI=1S/C11H21N3O2/c1-4-5-10(12)11(15)13-6-8-16-9-7-14(2)3/h1,10H,5-9,12H2,2-3H3,(H,13,15). The van der Waals surface area contributed by atoms with E-state index in [1.807, 2.05) is 19.0 Å². The van der Waals surface area contributed by atoms with E-state index in [4.69, 9.17) is 16.9 Å². The molecule has 0 aromatic heterocycles. The van der Waals surface area contributed by atoms with Crippen molar-refractivity contribution in [1.29, 1.82) is 0 Å². The molecule has 5 heteroatoms. The van der Waals surface area contributed by atoms with Gasteiger partial charge in [0.15, 0.2) is 0 Å². The minimum absolute atomic E-state index is 0.228. The molecule has 1 amide bonds. The maximum atomic E-state index is 11.3. The minimum atomic E-state index is -0.619. The van der Waals surface area contributed by atoms with Gasteiger partial charge in [0.2, 0.25) is 5.91 Å². The molecule has 0 fully saturated rings. The first-order valence-electron chi connectivity index (χ1n) is 5.27. The molecular formula is C11H21N3O2. The zero-order valence-corrected chi connectivity index (χ0v) is 10.0. The fourth-order valence-electron chi connectivity index (χ4n) is 0.946. The van der Waals surface area contributed by atoms with Crippen LogP contribution in [0, 0.1) is 12.3 Å². The smallest absolute Gasteiger partial charge is 0.237 e. The van der Waals surface area contributed by atoms with Gasteiger partial charge in [-0.2, -0.15) is 0 Å². The molecule has 0 rings (SSSR count). The van der Waals surface area contributed by atoms with E-state index < -0.39 is 6.04 Å². The van der Waals surface area contributed by atoms with Crippen LogP contribution in [-0.2, 0) is 9.53 Å². The van der Waals surface area contributed by atoms with Crippen molar-refractivity contribution in [2.45, 2.75) is 12.5 Å². The Morgan fingerprint density at radius 3 is 2.81 bits per heavy atom. The number of hydrogen-bond donors (Lipinski definition) is 2. The molecule has 92 valence electrons. The number of likely N-dealkylation sites (N-methyl/N-ethyl adjacent to an activating group) is 1. The molecule has 0 saturated heterocycles. The highest BCUT2D eigenvalue weighted by molar-refractivity contribution is 5.81. The lowest BCUT2D eigenvalue weighted by Crippen LogP contribution is -2.41. The number of rotatable bonds is 8. The Hall–Kier alpha value is -1.09. The lowest BCUT2D eigenvalue weighted by molar-refractivity contribution is -0.122. The summed E-state index contributed by atoms with van der Waals surface area (Å²) in [5, 5.41) is 2.66. The van der Waals surface area contributed by atoms with Crippen molar-refractivity contribution < 1.29 is 9.53 Å². The van der Waals surface area contributed by atoms with Gasteiger partial charge in [-0.1, -0.05) is 0 Å². The molecule has 0 spiro atoms. The van der Waals surface area contributed by atoms with Gasteiger partial charge in [0.1, 0.15) is 0 Å². The summed E-state index contributed by atoms with van der Waals surface area (Å²) in [5.41, 5.74) is 5.51. The fraction of sp³-hybridized carbons (Fsp3) is 0.727. The molecule has 5 nitrogen and oxygen atoms in total. The summed E-state index contributed by atoms with van der Waals surface area (Å²) in [5.74, 6) is 2.12. The third-order valence-corrected chi connectivity index (χ3v) is 1.90. The predicted octanol–water partition coefficient (Wildman–Crippen LogP) is -0.969. The number of amides is 1. The summed E-state index contributed by atoms with van der Waals surface area (Å²) in [6.07, 6.45) is 5.31. The van der Waals surface area contributed by atoms with Gasteiger partial charge in [-0.3, -0.25) is 4.79 Å². The average Bonchev–Trinajstić information content (AvgIpc) is 2.22. The highest BCUT2D eigenvalue weighted by Crippen LogP contribution is 1.85. The number of hydrogen-bond acceptors (Lipinski definition) is 4. The number of ether oxygens (including phenoxy) is 1. The van der Waals surface area contributed by atoms with Crippen LogP contribution in [0.2, 0.25) is 0 Å². The van der Waals surface area contributed by atoms with Crippen molar-refractivity contribution in [3.8, 4) is 12.3 Å². The zero-order valence-electron chi connectivity index (χ0n) is 10.0. The molecule has 0 saturated carbocycles. The molecule has 0 aromatic carbocycles. The maximum Gasteiger partial charge on any atom is 0.237 e. The Morgan fingerprint density at radius 2 is 2.25 bits per heavy atom. The predicted molar refractivity (Wildman–Crippen MR) is 63.8 cm³/mol. The van der Waals surface area contributed by atoms with E-state index in [0.717, 1.165) is 6.54 Å². The van der Waals surface area contributed by atoms with E-state index in [-0.39, 0.29) is 12.3 Å². The summed E-state index contributed by atoms with van der Waals surface area (Å²) in [4.78, 5) is 13.3. The van der Waals surface area contributed by atoms with Gasteiger partial charge in [-0.05, 0) is 14.1 Å². The third kappa shape index (κ3) is 8.24. The summed E-state index contributed by atoms with van der Waals surface area (Å²) >= 11 is 0. The molecule has 0 heterocycles. The summed E-state index contributed by atoms with van der Waals surface area (Å²) in [7, 11) is 3.95. The van der Waals surface area contributed by atoms with Crippen LogP contribution in [0.4, 0.5) is 0 Å². The second-order valence-electron chi connectivity index (χ2n) is 3.72. The van der Waals surface area contributed by atoms with Gasteiger partial charge in [0.25, 0.3) is 0 Å². The molecule has 0 radical (unpaired) electrons. The van der Waals surface area contributed by atoms with Gasteiger partial charge in [-0.15, -0.1) is 12.3 Å². The second-order valence-corrected chi connectivity index (χ2v) is 3.72. The van der Waals surface area contributed by atoms with E-state index >= 15 is 0 Å². The molecule has 0 aromatic rings. The first-order chi connectivity index (χ1) is 7.57. The summed E-state index contributed by atoms with van der Waals surface area (Å²) < 4.78 is 5.30. The second kappa shape index (κ2) is 9.16. The molecule has 1 atom stereocenters. The zero-order chi connectivity index (χ0) is 12.4. The van der Waals surface area contributed by atoms with E-state index in [0.29, 0.717) is 19.8 Å². The Kier molecular flexibility index (Phi) is 8.53. The van der Waals surface area contributed by atoms with Crippen molar-refractivity contribution in [2.75, 3.05) is 40.4 Å².